The molecule has 1 atom stereocenters. The first kappa shape index (κ1) is 13.4. The van der Waals surface area contributed by atoms with E-state index in [1.54, 1.807) is 0 Å². The molecule has 0 heterocycles. The fourth-order valence-corrected chi connectivity index (χ4v) is 0.854. The van der Waals surface area contributed by atoms with Crippen molar-refractivity contribution >= 4 is 11.9 Å². The Labute approximate surface area is 87.4 Å². The van der Waals surface area contributed by atoms with Crippen LogP contribution in [-0.4, -0.2) is 32.9 Å². The first-order valence-corrected chi connectivity index (χ1v) is 4.26. The van der Waals surface area contributed by atoms with Crippen LogP contribution in [0.15, 0.2) is 23.8 Å². The van der Waals surface area contributed by atoms with Gasteiger partial charge < -0.3 is 15.3 Å². The van der Waals surface area contributed by atoms with Gasteiger partial charge in [-0.05, 0) is 19.4 Å². The Morgan fingerprint density at radius 2 is 1.87 bits per heavy atom. The van der Waals surface area contributed by atoms with Gasteiger partial charge in [-0.2, -0.15) is 0 Å². The minimum atomic E-state index is -2.11. The van der Waals surface area contributed by atoms with E-state index in [9.17, 15) is 14.7 Å². The molecule has 84 valence electrons. The molecule has 5 heteroatoms. The van der Waals surface area contributed by atoms with Crippen molar-refractivity contribution < 1.29 is 24.9 Å². The van der Waals surface area contributed by atoms with Gasteiger partial charge in [-0.1, -0.05) is 12.7 Å². The molecule has 0 aliphatic heterocycles. The molecular formula is C10H14O5. The average Bonchev–Trinajstić information content (AvgIpc) is 2.12. The standard InChI is InChI=1S/C10H14O5/c1-4-7(8(11)12)5-6(2)10(3,15)9(13)14/h4,15H,2,5H2,1,3H3,(H,11,12)(H,13,14). The highest BCUT2D eigenvalue weighted by Gasteiger charge is 2.33. The van der Waals surface area contributed by atoms with Crippen molar-refractivity contribution in [2.24, 2.45) is 0 Å². The molecule has 0 saturated heterocycles. The number of aliphatic carboxylic acids is 2. The summed E-state index contributed by atoms with van der Waals surface area (Å²) in [7, 11) is 0. The second-order valence-electron chi connectivity index (χ2n) is 3.28. The highest BCUT2D eigenvalue weighted by Crippen LogP contribution is 2.22. The van der Waals surface area contributed by atoms with E-state index >= 15 is 0 Å². The molecule has 5 nitrogen and oxygen atoms in total. The molecular weight excluding hydrogens is 200 g/mol. The second-order valence-corrected chi connectivity index (χ2v) is 3.28. The molecule has 0 radical (unpaired) electrons. The Bertz CT molecular complexity index is 325. The van der Waals surface area contributed by atoms with E-state index < -0.39 is 17.5 Å². The molecule has 0 fully saturated rings. The third-order valence-electron chi connectivity index (χ3n) is 2.13. The summed E-state index contributed by atoms with van der Waals surface area (Å²) < 4.78 is 0. The number of hydrogen-bond acceptors (Lipinski definition) is 3. The molecule has 0 aliphatic rings. The van der Waals surface area contributed by atoms with Crippen LogP contribution in [0.3, 0.4) is 0 Å². The van der Waals surface area contributed by atoms with Gasteiger partial charge in [0.05, 0.1) is 0 Å². The summed E-state index contributed by atoms with van der Waals surface area (Å²) in [5.74, 6) is -2.60. The number of rotatable bonds is 5. The molecule has 0 aromatic carbocycles. The highest BCUT2D eigenvalue weighted by atomic mass is 16.4. The zero-order valence-electron chi connectivity index (χ0n) is 8.65. The maximum absolute atomic E-state index is 10.6. The third kappa shape index (κ3) is 3.21. The van der Waals surface area contributed by atoms with Gasteiger partial charge in [-0.25, -0.2) is 9.59 Å². The fraction of sp³-hybridized carbons (Fsp3) is 0.400. The van der Waals surface area contributed by atoms with E-state index in [1.807, 2.05) is 0 Å². The summed E-state index contributed by atoms with van der Waals surface area (Å²) >= 11 is 0. The van der Waals surface area contributed by atoms with E-state index in [4.69, 9.17) is 10.2 Å². The predicted octanol–water partition coefficient (Wildman–Crippen LogP) is 0.799. The van der Waals surface area contributed by atoms with Gasteiger partial charge in [0.1, 0.15) is 0 Å². The number of carboxylic acid groups (broad SMARTS) is 2. The van der Waals surface area contributed by atoms with Crippen LogP contribution in [-0.2, 0) is 9.59 Å². The van der Waals surface area contributed by atoms with Crippen molar-refractivity contribution in [3.63, 3.8) is 0 Å². The largest absolute Gasteiger partial charge is 0.479 e. The smallest absolute Gasteiger partial charge is 0.339 e. The van der Waals surface area contributed by atoms with Gasteiger partial charge in [-0.3, -0.25) is 0 Å². The molecule has 0 rings (SSSR count). The maximum atomic E-state index is 10.6. The first-order chi connectivity index (χ1) is 6.73. The van der Waals surface area contributed by atoms with Crippen molar-refractivity contribution in [1.29, 1.82) is 0 Å². The van der Waals surface area contributed by atoms with Gasteiger partial charge in [0.2, 0.25) is 0 Å². The predicted molar refractivity (Wildman–Crippen MR) is 53.4 cm³/mol. The summed E-state index contributed by atoms with van der Waals surface area (Å²) in [6.07, 6.45) is 1.16. The SMILES string of the molecule is C=C(CC(=CC)C(=O)O)C(C)(O)C(=O)O. The summed E-state index contributed by atoms with van der Waals surface area (Å²) in [5.41, 5.74) is -2.17. The highest BCUT2D eigenvalue weighted by molar-refractivity contribution is 5.88. The third-order valence-corrected chi connectivity index (χ3v) is 2.13. The van der Waals surface area contributed by atoms with Crippen molar-refractivity contribution in [1.82, 2.24) is 0 Å². The summed E-state index contributed by atoms with van der Waals surface area (Å²) in [6, 6.07) is 0. The van der Waals surface area contributed by atoms with E-state index in [1.165, 1.54) is 13.0 Å². The van der Waals surface area contributed by atoms with Crippen LogP contribution in [0.25, 0.3) is 0 Å². The van der Waals surface area contributed by atoms with E-state index in [0.29, 0.717) is 0 Å². The molecule has 0 bridgehead atoms. The Kier molecular flexibility index (Phi) is 4.23. The topological polar surface area (TPSA) is 94.8 Å². The lowest BCUT2D eigenvalue weighted by molar-refractivity contribution is -0.153. The van der Waals surface area contributed by atoms with E-state index in [2.05, 4.69) is 6.58 Å². The average molecular weight is 214 g/mol. The maximum Gasteiger partial charge on any atom is 0.339 e. The fourth-order valence-electron chi connectivity index (χ4n) is 0.854. The second kappa shape index (κ2) is 4.75. The Morgan fingerprint density at radius 3 is 2.13 bits per heavy atom. The van der Waals surface area contributed by atoms with Gasteiger partial charge in [0, 0.05) is 12.0 Å². The van der Waals surface area contributed by atoms with Crippen molar-refractivity contribution in [3.05, 3.63) is 23.8 Å². The van der Waals surface area contributed by atoms with Crippen molar-refractivity contribution in [2.75, 3.05) is 0 Å². The lowest BCUT2D eigenvalue weighted by Gasteiger charge is -2.20. The first-order valence-electron chi connectivity index (χ1n) is 4.26. The van der Waals surface area contributed by atoms with Crippen LogP contribution < -0.4 is 0 Å². The van der Waals surface area contributed by atoms with E-state index in [-0.39, 0.29) is 17.6 Å². The molecule has 0 aromatic rings. The minimum absolute atomic E-state index is 0.00141. The zero-order valence-corrected chi connectivity index (χ0v) is 8.65. The quantitative estimate of drug-likeness (QED) is 0.464. The van der Waals surface area contributed by atoms with Crippen LogP contribution in [0.4, 0.5) is 0 Å². The number of aliphatic hydroxyl groups is 1. The Morgan fingerprint density at radius 1 is 1.40 bits per heavy atom. The molecule has 1 unspecified atom stereocenters. The monoisotopic (exact) mass is 214 g/mol. The van der Waals surface area contributed by atoms with Crippen LogP contribution in [0.2, 0.25) is 0 Å². The van der Waals surface area contributed by atoms with Crippen LogP contribution >= 0.6 is 0 Å². The van der Waals surface area contributed by atoms with Gasteiger partial charge >= 0.3 is 11.9 Å². The van der Waals surface area contributed by atoms with Crippen LogP contribution in [0.1, 0.15) is 20.3 Å². The normalized spacial score (nSPS) is 15.5. The summed E-state index contributed by atoms with van der Waals surface area (Å²) in [6.45, 7) is 5.97. The molecule has 0 aromatic heterocycles. The summed E-state index contributed by atoms with van der Waals surface area (Å²) in [4.78, 5) is 21.2. The van der Waals surface area contributed by atoms with E-state index in [0.717, 1.165) is 6.92 Å². The van der Waals surface area contributed by atoms with Gasteiger partial charge in [0.15, 0.2) is 5.60 Å². The Hall–Kier alpha value is -1.62. The molecule has 0 spiro atoms. The van der Waals surface area contributed by atoms with Crippen LogP contribution in [0.5, 0.6) is 0 Å². The minimum Gasteiger partial charge on any atom is -0.479 e. The van der Waals surface area contributed by atoms with Crippen molar-refractivity contribution in [2.45, 2.75) is 25.9 Å². The molecule has 0 saturated carbocycles. The van der Waals surface area contributed by atoms with Crippen molar-refractivity contribution in [3.8, 4) is 0 Å². The lowest BCUT2D eigenvalue weighted by atomic mass is 9.91. The molecule has 3 N–H and O–H groups in total. The zero-order chi connectivity index (χ0) is 12.2. The van der Waals surface area contributed by atoms with Gasteiger partial charge in [-0.15, -0.1) is 0 Å². The van der Waals surface area contributed by atoms with Crippen LogP contribution in [0, 0.1) is 0 Å². The number of hydrogen-bond donors (Lipinski definition) is 3. The van der Waals surface area contributed by atoms with Gasteiger partial charge in [0.25, 0.3) is 0 Å². The molecule has 15 heavy (non-hydrogen) atoms. The number of carbonyl (C=O) groups is 2. The molecule has 0 aliphatic carbocycles. The lowest BCUT2D eigenvalue weighted by Crippen LogP contribution is -2.37. The number of carboxylic acids is 2. The molecule has 0 amide bonds. The Balaban J connectivity index is 4.78. The number of allylic oxidation sites excluding steroid dienone is 1. The summed E-state index contributed by atoms with van der Waals surface area (Å²) in [5, 5.41) is 26.8.